The SMILES string of the molecule is CNC(=O)c1c(-c2ccc(F)cc2)oc2ccc(-c3cc(C(=O)CC4(c5ncccn5)CC(O)C4)c(C)cc3C)c(F)c12. The highest BCUT2D eigenvalue weighted by molar-refractivity contribution is 6.12. The predicted molar refractivity (Wildman–Crippen MR) is 158 cm³/mol. The lowest BCUT2D eigenvalue weighted by atomic mass is 9.63. The molecule has 0 radical (unpaired) electrons. The third kappa shape index (κ3) is 4.89. The van der Waals surface area contributed by atoms with Gasteiger partial charge in [-0.2, -0.15) is 0 Å². The van der Waals surface area contributed by atoms with Crippen LogP contribution < -0.4 is 5.32 Å². The second-order valence-corrected chi connectivity index (χ2v) is 11.2. The van der Waals surface area contributed by atoms with Gasteiger partial charge in [0, 0.05) is 48.0 Å². The molecule has 9 heteroatoms. The monoisotopic (exact) mass is 581 g/mol. The molecule has 43 heavy (non-hydrogen) atoms. The Morgan fingerprint density at radius 3 is 2.35 bits per heavy atom. The fraction of sp³-hybridized carbons (Fsp3) is 0.235. The Morgan fingerprint density at radius 2 is 1.70 bits per heavy atom. The lowest BCUT2D eigenvalue weighted by molar-refractivity contribution is 0.0102. The summed E-state index contributed by atoms with van der Waals surface area (Å²) in [5.74, 6) is -1.19. The molecule has 6 rings (SSSR count). The van der Waals surface area contributed by atoms with Crippen LogP contribution in [0.25, 0.3) is 33.4 Å². The first-order valence-electron chi connectivity index (χ1n) is 14.0. The minimum atomic E-state index is -0.671. The van der Waals surface area contributed by atoms with Gasteiger partial charge >= 0.3 is 0 Å². The van der Waals surface area contributed by atoms with Crippen molar-refractivity contribution in [2.24, 2.45) is 0 Å². The number of nitrogens with zero attached hydrogens (tertiary/aromatic N) is 2. The zero-order valence-corrected chi connectivity index (χ0v) is 23.9. The van der Waals surface area contributed by atoms with Gasteiger partial charge < -0.3 is 14.8 Å². The van der Waals surface area contributed by atoms with Gasteiger partial charge in [-0.05, 0) is 91.9 Å². The van der Waals surface area contributed by atoms with Crippen LogP contribution in [0.15, 0.2) is 71.4 Å². The van der Waals surface area contributed by atoms with Crippen LogP contribution in [0.4, 0.5) is 8.78 Å². The van der Waals surface area contributed by atoms with E-state index >= 15 is 4.39 Å². The average molecular weight is 582 g/mol. The number of hydrogen-bond donors (Lipinski definition) is 2. The number of carbonyl (C=O) groups is 2. The molecule has 0 saturated heterocycles. The summed E-state index contributed by atoms with van der Waals surface area (Å²) >= 11 is 0. The number of fused-ring (bicyclic) bond motifs is 1. The number of rotatable bonds is 7. The Labute approximate surface area is 246 Å². The van der Waals surface area contributed by atoms with Gasteiger partial charge in [0.1, 0.15) is 28.8 Å². The average Bonchev–Trinajstić information content (AvgIpc) is 3.38. The van der Waals surface area contributed by atoms with E-state index in [-0.39, 0.29) is 40.1 Å². The molecule has 1 aliphatic carbocycles. The molecule has 7 nitrogen and oxygen atoms in total. The lowest BCUT2D eigenvalue weighted by Gasteiger charge is -2.43. The number of nitrogens with one attached hydrogen (secondary N) is 1. The van der Waals surface area contributed by atoms with Gasteiger partial charge in [0.15, 0.2) is 5.78 Å². The van der Waals surface area contributed by atoms with E-state index in [1.54, 1.807) is 36.7 Å². The maximum Gasteiger partial charge on any atom is 0.255 e. The molecule has 0 atom stereocenters. The molecule has 2 N–H and O–H groups in total. The van der Waals surface area contributed by atoms with Gasteiger partial charge in [0.2, 0.25) is 0 Å². The Balaban J connectivity index is 1.45. The lowest BCUT2D eigenvalue weighted by Crippen LogP contribution is -2.47. The van der Waals surface area contributed by atoms with Crippen LogP contribution >= 0.6 is 0 Å². The number of aliphatic hydroxyl groups excluding tert-OH is 1. The topological polar surface area (TPSA) is 105 Å². The van der Waals surface area contributed by atoms with Crippen molar-refractivity contribution in [3.05, 3.63) is 107 Å². The number of halogens is 2. The second-order valence-electron chi connectivity index (χ2n) is 11.2. The zero-order valence-electron chi connectivity index (χ0n) is 23.9. The number of aromatic nitrogens is 2. The number of ketones is 1. The summed E-state index contributed by atoms with van der Waals surface area (Å²) < 4.78 is 36.0. The number of hydrogen-bond acceptors (Lipinski definition) is 6. The third-order valence-corrected chi connectivity index (χ3v) is 8.31. The Bertz CT molecular complexity index is 1880. The molecule has 1 amide bonds. The van der Waals surface area contributed by atoms with Gasteiger partial charge in [-0.25, -0.2) is 18.7 Å². The minimum absolute atomic E-state index is 0.00198. The number of Topliss-reactive ketones (excluding diaryl/α,β-unsaturated/α-hetero) is 1. The van der Waals surface area contributed by atoms with E-state index in [1.807, 2.05) is 19.9 Å². The fourth-order valence-electron chi connectivity index (χ4n) is 6.17. The summed E-state index contributed by atoms with van der Waals surface area (Å²) in [5, 5.41) is 12.7. The summed E-state index contributed by atoms with van der Waals surface area (Å²) in [5.41, 5.74) is 2.54. The molecule has 1 aliphatic rings. The summed E-state index contributed by atoms with van der Waals surface area (Å²) in [6.45, 7) is 3.67. The van der Waals surface area contributed by atoms with Crippen molar-refractivity contribution >= 4 is 22.7 Å². The summed E-state index contributed by atoms with van der Waals surface area (Å²) in [6.07, 6.45) is 3.57. The van der Waals surface area contributed by atoms with Gasteiger partial charge in [0.05, 0.1) is 17.1 Å². The van der Waals surface area contributed by atoms with Crippen LogP contribution in [0, 0.1) is 25.5 Å². The molecular weight excluding hydrogens is 552 g/mol. The highest BCUT2D eigenvalue weighted by Crippen LogP contribution is 2.46. The van der Waals surface area contributed by atoms with Crippen molar-refractivity contribution in [1.29, 1.82) is 0 Å². The number of amides is 1. The normalized spacial score (nSPS) is 18.0. The van der Waals surface area contributed by atoms with Crippen LogP contribution in [0.3, 0.4) is 0 Å². The third-order valence-electron chi connectivity index (χ3n) is 8.31. The van der Waals surface area contributed by atoms with Crippen LogP contribution in [0.2, 0.25) is 0 Å². The smallest absolute Gasteiger partial charge is 0.255 e. The van der Waals surface area contributed by atoms with Gasteiger partial charge in [0.25, 0.3) is 5.91 Å². The second kappa shape index (κ2) is 10.8. The Morgan fingerprint density at radius 1 is 1.00 bits per heavy atom. The zero-order chi connectivity index (χ0) is 30.5. The summed E-state index contributed by atoms with van der Waals surface area (Å²) in [4.78, 5) is 35.6. The maximum absolute atomic E-state index is 16.5. The first-order valence-corrected chi connectivity index (χ1v) is 14.0. The summed E-state index contributed by atoms with van der Waals surface area (Å²) in [6, 6.07) is 13.8. The maximum atomic E-state index is 16.5. The van der Waals surface area contributed by atoms with Crippen molar-refractivity contribution in [1.82, 2.24) is 15.3 Å². The molecule has 218 valence electrons. The van der Waals surface area contributed by atoms with E-state index in [9.17, 15) is 19.1 Å². The highest BCUT2D eigenvalue weighted by Gasteiger charge is 2.48. The number of aryl methyl sites for hydroxylation is 2. The molecular formula is C34H29F2N3O4. The van der Waals surface area contributed by atoms with Crippen molar-refractivity contribution in [3.63, 3.8) is 0 Å². The molecule has 0 spiro atoms. The molecule has 3 aromatic carbocycles. The van der Waals surface area contributed by atoms with Crippen molar-refractivity contribution in [2.45, 2.75) is 44.6 Å². The van der Waals surface area contributed by atoms with E-state index in [1.165, 1.54) is 31.3 Å². The van der Waals surface area contributed by atoms with Crippen LogP contribution in [0.1, 0.15) is 56.9 Å². The first-order chi connectivity index (χ1) is 20.6. The standard InChI is InChI=1S/C34H29F2N3O4/c1-18-13-19(2)25(26(41)17-34(15-22(40)16-34)33-38-11-4-12-39-33)14-24(18)23-9-10-27-28(30(23)36)29(32(42)37-3)31(43-27)20-5-7-21(35)8-6-20/h4-14,22,40H,15-17H2,1-3H3,(H,37,42). The number of carbonyl (C=O) groups excluding carboxylic acids is 2. The number of aliphatic hydroxyl groups is 1. The van der Waals surface area contributed by atoms with Crippen LogP contribution in [0.5, 0.6) is 0 Å². The molecule has 2 aromatic heterocycles. The molecule has 1 saturated carbocycles. The van der Waals surface area contributed by atoms with Crippen molar-refractivity contribution in [3.8, 4) is 22.5 Å². The Hall–Kier alpha value is -4.76. The van der Waals surface area contributed by atoms with E-state index in [0.29, 0.717) is 35.4 Å². The van der Waals surface area contributed by atoms with Crippen molar-refractivity contribution in [2.75, 3.05) is 7.05 Å². The minimum Gasteiger partial charge on any atom is -0.455 e. The summed E-state index contributed by atoms with van der Waals surface area (Å²) in [7, 11) is 1.44. The molecule has 1 fully saturated rings. The van der Waals surface area contributed by atoms with Gasteiger partial charge in [-0.1, -0.05) is 6.07 Å². The van der Waals surface area contributed by atoms with Gasteiger partial charge in [-0.3, -0.25) is 9.59 Å². The molecule has 0 unspecified atom stereocenters. The number of furan rings is 1. The van der Waals surface area contributed by atoms with E-state index in [2.05, 4.69) is 15.3 Å². The van der Waals surface area contributed by atoms with Crippen LogP contribution in [-0.4, -0.2) is 39.9 Å². The largest absolute Gasteiger partial charge is 0.455 e. The van der Waals surface area contributed by atoms with E-state index in [0.717, 1.165) is 11.1 Å². The Kier molecular flexibility index (Phi) is 7.14. The predicted octanol–water partition coefficient (Wildman–Crippen LogP) is 6.48. The van der Waals surface area contributed by atoms with Crippen molar-refractivity contribution < 1.29 is 27.9 Å². The van der Waals surface area contributed by atoms with Gasteiger partial charge in [-0.15, -0.1) is 0 Å². The number of benzene rings is 3. The first kappa shape index (κ1) is 28.4. The molecule has 2 heterocycles. The fourth-order valence-corrected chi connectivity index (χ4v) is 6.17. The molecule has 0 aliphatic heterocycles. The van der Waals surface area contributed by atoms with Crippen LogP contribution in [-0.2, 0) is 5.41 Å². The van der Waals surface area contributed by atoms with E-state index in [4.69, 9.17) is 4.42 Å². The molecule has 0 bridgehead atoms. The van der Waals surface area contributed by atoms with E-state index < -0.39 is 29.1 Å². The molecule has 5 aromatic rings. The highest BCUT2D eigenvalue weighted by atomic mass is 19.1. The quantitative estimate of drug-likeness (QED) is 0.213.